The quantitative estimate of drug-likeness (QED) is 0.743. The number of halogens is 1. The Morgan fingerprint density at radius 2 is 2.00 bits per heavy atom. The highest BCUT2D eigenvalue weighted by molar-refractivity contribution is 7.99. The van der Waals surface area contributed by atoms with Gasteiger partial charge in [-0.25, -0.2) is 9.78 Å². The molecule has 5 nitrogen and oxygen atoms in total. The minimum atomic E-state index is -0.406. The molecule has 7 heteroatoms. The van der Waals surface area contributed by atoms with Gasteiger partial charge in [0.05, 0.1) is 12.7 Å². The van der Waals surface area contributed by atoms with E-state index in [0.717, 1.165) is 9.92 Å². The third kappa shape index (κ3) is 2.75. The number of imidazole rings is 1. The molecule has 3 aromatic rings. The Bertz CT molecular complexity index is 846. The number of carbonyl (C=O) groups excluding carboxylic acids is 1. The van der Waals surface area contributed by atoms with E-state index < -0.39 is 5.97 Å². The van der Waals surface area contributed by atoms with Crippen LogP contribution in [-0.2, 0) is 4.74 Å². The molecule has 0 aliphatic heterocycles. The number of fused-ring (bicyclic) bond motifs is 1. The molecule has 112 valence electrons. The van der Waals surface area contributed by atoms with Gasteiger partial charge < -0.3 is 10.5 Å². The number of ether oxygens (including phenoxy) is 1. The molecule has 0 unspecified atom stereocenters. The minimum Gasteiger partial charge on any atom is -0.465 e. The summed E-state index contributed by atoms with van der Waals surface area (Å²) in [5.74, 6) is -0.00131. The van der Waals surface area contributed by atoms with Gasteiger partial charge in [-0.1, -0.05) is 23.4 Å². The topological polar surface area (TPSA) is 69.6 Å². The number of nitrogen functional groups attached to an aromatic ring is 1. The van der Waals surface area contributed by atoms with Gasteiger partial charge in [-0.2, -0.15) is 0 Å². The van der Waals surface area contributed by atoms with Crippen LogP contribution in [0.25, 0.3) is 5.65 Å². The fourth-order valence-electron chi connectivity index (χ4n) is 2.00. The zero-order chi connectivity index (χ0) is 15.7. The molecule has 0 amide bonds. The predicted molar refractivity (Wildman–Crippen MR) is 86.5 cm³/mol. The summed E-state index contributed by atoms with van der Waals surface area (Å²) in [6.45, 7) is 0. The monoisotopic (exact) mass is 333 g/mol. The third-order valence-electron chi connectivity index (χ3n) is 3.05. The van der Waals surface area contributed by atoms with Crippen LogP contribution < -0.4 is 5.73 Å². The van der Waals surface area contributed by atoms with Gasteiger partial charge in [-0.3, -0.25) is 4.40 Å². The number of hydrogen-bond donors (Lipinski definition) is 1. The van der Waals surface area contributed by atoms with Gasteiger partial charge in [0, 0.05) is 16.1 Å². The van der Waals surface area contributed by atoms with Crippen LogP contribution in [-0.4, -0.2) is 22.5 Å². The number of esters is 1. The Morgan fingerprint density at radius 3 is 2.68 bits per heavy atom. The number of nitrogens with zero attached hydrogens (tertiary/aromatic N) is 2. The first kappa shape index (κ1) is 14.7. The molecule has 0 saturated heterocycles. The molecule has 0 fully saturated rings. The summed E-state index contributed by atoms with van der Waals surface area (Å²) in [6.07, 6.45) is 1.67. The molecular formula is C15H12ClN3O2S. The molecule has 2 N–H and O–H groups in total. The van der Waals surface area contributed by atoms with E-state index >= 15 is 0 Å². The number of anilines is 1. The van der Waals surface area contributed by atoms with Gasteiger partial charge in [-0.05, 0) is 36.4 Å². The van der Waals surface area contributed by atoms with E-state index in [2.05, 4.69) is 4.98 Å². The Kier molecular flexibility index (Phi) is 3.96. The molecule has 2 heterocycles. The average Bonchev–Trinajstić information content (AvgIpc) is 2.84. The molecule has 0 spiro atoms. The fourth-order valence-corrected chi connectivity index (χ4v) is 3.01. The summed E-state index contributed by atoms with van der Waals surface area (Å²) in [5.41, 5.74) is 7.10. The van der Waals surface area contributed by atoms with Gasteiger partial charge in [0.1, 0.15) is 10.7 Å². The molecule has 0 radical (unpaired) electrons. The lowest BCUT2D eigenvalue weighted by atomic mass is 10.3. The van der Waals surface area contributed by atoms with E-state index in [4.69, 9.17) is 22.1 Å². The van der Waals surface area contributed by atoms with Gasteiger partial charge >= 0.3 is 5.97 Å². The Morgan fingerprint density at radius 1 is 1.27 bits per heavy atom. The number of aromatic nitrogens is 2. The largest absolute Gasteiger partial charge is 0.465 e. The first-order valence-corrected chi connectivity index (χ1v) is 7.57. The Hall–Kier alpha value is -2.18. The van der Waals surface area contributed by atoms with Gasteiger partial charge in [-0.15, -0.1) is 0 Å². The molecule has 0 aliphatic rings. The number of nitrogens with two attached hydrogens (primary N) is 1. The molecular weight excluding hydrogens is 322 g/mol. The van der Waals surface area contributed by atoms with E-state index in [1.165, 1.54) is 18.9 Å². The fraction of sp³-hybridized carbons (Fsp3) is 0.0667. The van der Waals surface area contributed by atoms with Crippen molar-refractivity contribution in [3.63, 3.8) is 0 Å². The van der Waals surface area contributed by atoms with Gasteiger partial charge in [0.15, 0.2) is 5.82 Å². The molecule has 0 saturated carbocycles. The van der Waals surface area contributed by atoms with Crippen molar-refractivity contribution in [1.29, 1.82) is 0 Å². The number of benzene rings is 1. The lowest BCUT2D eigenvalue weighted by Gasteiger charge is -2.05. The van der Waals surface area contributed by atoms with E-state index in [-0.39, 0.29) is 0 Å². The molecule has 0 bridgehead atoms. The van der Waals surface area contributed by atoms with Crippen LogP contribution in [0.5, 0.6) is 0 Å². The number of hydrogen-bond acceptors (Lipinski definition) is 5. The maximum absolute atomic E-state index is 11.7. The third-order valence-corrected chi connectivity index (χ3v) is 4.41. The normalized spacial score (nSPS) is 10.8. The van der Waals surface area contributed by atoms with E-state index in [9.17, 15) is 4.79 Å². The molecule has 0 atom stereocenters. The second-order valence-electron chi connectivity index (χ2n) is 4.50. The van der Waals surface area contributed by atoms with Crippen molar-refractivity contribution >= 4 is 40.8 Å². The van der Waals surface area contributed by atoms with Crippen molar-refractivity contribution in [2.24, 2.45) is 0 Å². The Balaban J connectivity index is 2.05. The SMILES string of the molecule is COC(=O)c1ccc2nc(N)c(Sc3ccc(Cl)cc3)n2c1. The van der Waals surface area contributed by atoms with Crippen molar-refractivity contribution < 1.29 is 9.53 Å². The second kappa shape index (κ2) is 5.90. The zero-order valence-electron chi connectivity index (χ0n) is 11.6. The van der Waals surface area contributed by atoms with Crippen LogP contribution in [0.15, 0.2) is 52.5 Å². The van der Waals surface area contributed by atoms with E-state index in [1.807, 2.05) is 24.3 Å². The van der Waals surface area contributed by atoms with Crippen molar-refractivity contribution in [3.05, 3.63) is 53.2 Å². The number of carbonyl (C=O) groups is 1. The first-order valence-electron chi connectivity index (χ1n) is 6.38. The van der Waals surface area contributed by atoms with Gasteiger partial charge in [0.25, 0.3) is 0 Å². The zero-order valence-corrected chi connectivity index (χ0v) is 13.2. The lowest BCUT2D eigenvalue weighted by molar-refractivity contribution is 0.0600. The summed E-state index contributed by atoms with van der Waals surface area (Å²) in [7, 11) is 1.35. The summed E-state index contributed by atoms with van der Waals surface area (Å²) in [4.78, 5) is 16.9. The summed E-state index contributed by atoms with van der Waals surface area (Å²) < 4.78 is 6.52. The van der Waals surface area contributed by atoms with Crippen LogP contribution in [0, 0.1) is 0 Å². The second-order valence-corrected chi connectivity index (χ2v) is 5.99. The van der Waals surface area contributed by atoms with Crippen molar-refractivity contribution in [1.82, 2.24) is 9.38 Å². The highest BCUT2D eigenvalue weighted by atomic mass is 35.5. The minimum absolute atomic E-state index is 0.405. The molecule has 22 heavy (non-hydrogen) atoms. The standard InChI is InChI=1S/C15H12ClN3O2S/c1-21-15(20)9-2-7-12-18-13(17)14(19(12)8-9)22-11-5-3-10(16)4-6-11/h2-8H,17H2,1H3. The predicted octanol–water partition coefficient (Wildman–Crippen LogP) is 3.51. The molecule has 3 rings (SSSR count). The number of pyridine rings is 1. The van der Waals surface area contributed by atoms with Crippen LogP contribution in [0.2, 0.25) is 5.02 Å². The number of rotatable bonds is 3. The Labute approximate surface area is 136 Å². The summed E-state index contributed by atoms with van der Waals surface area (Å²) >= 11 is 7.34. The molecule has 1 aromatic carbocycles. The van der Waals surface area contributed by atoms with Crippen molar-refractivity contribution in [2.45, 2.75) is 9.92 Å². The van der Waals surface area contributed by atoms with Crippen molar-refractivity contribution in [3.8, 4) is 0 Å². The summed E-state index contributed by atoms with van der Waals surface area (Å²) in [5, 5.41) is 1.41. The smallest absolute Gasteiger partial charge is 0.339 e. The number of methoxy groups -OCH3 is 1. The lowest BCUT2D eigenvalue weighted by Crippen LogP contribution is -2.03. The molecule has 2 aromatic heterocycles. The van der Waals surface area contributed by atoms with Crippen LogP contribution in [0.3, 0.4) is 0 Å². The van der Waals surface area contributed by atoms with Crippen LogP contribution in [0.4, 0.5) is 5.82 Å². The summed E-state index contributed by atoms with van der Waals surface area (Å²) in [6, 6.07) is 10.8. The maximum atomic E-state index is 11.7. The van der Waals surface area contributed by atoms with Crippen LogP contribution in [0.1, 0.15) is 10.4 Å². The van der Waals surface area contributed by atoms with Gasteiger partial charge in [0.2, 0.25) is 0 Å². The molecule has 0 aliphatic carbocycles. The van der Waals surface area contributed by atoms with Crippen LogP contribution >= 0.6 is 23.4 Å². The van der Waals surface area contributed by atoms with Crippen molar-refractivity contribution in [2.75, 3.05) is 12.8 Å². The average molecular weight is 334 g/mol. The highest BCUT2D eigenvalue weighted by Gasteiger charge is 2.14. The van der Waals surface area contributed by atoms with E-state index in [1.54, 1.807) is 22.7 Å². The highest BCUT2D eigenvalue weighted by Crippen LogP contribution is 2.33. The maximum Gasteiger partial charge on any atom is 0.339 e. The van der Waals surface area contributed by atoms with E-state index in [0.29, 0.717) is 22.1 Å². The first-order chi connectivity index (χ1) is 10.6.